The fourth-order valence-corrected chi connectivity index (χ4v) is 1.89. The van der Waals surface area contributed by atoms with Crippen LogP contribution in [0.25, 0.3) is 0 Å². The Morgan fingerprint density at radius 2 is 2.07 bits per heavy atom. The summed E-state index contributed by atoms with van der Waals surface area (Å²) in [4.78, 5) is 0. The second-order valence-corrected chi connectivity index (χ2v) is 4.67. The average molecular weight is 260 g/mol. The molecule has 0 radical (unpaired) electrons. The molecule has 0 bridgehead atoms. The lowest BCUT2D eigenvalue weighted by Gasteiger charge is -2.19. The maximum absolute atomic E-state index is 13.6. The lowest BCUT2D eigenvalue weighted by atomic mass is 9.88. The summed E-state index contributed by atoms with van der Waals surface area (Å²) >= 11 is 3.23. The zero-order valence-corrected chi connectivity index (χ0v) is 10.0. The minimum atomic E-state index is -0.177. The minimum Gasteiger partial charge on any atom is -0.330 e. The Kier molecular flexibility index (Phi) is 4.08. The molecule has 0 aliphatic rings. The lowest BCUT2D eigenvalue weighted by molar-refractivity contribution is 0.479. The Morgan fingerprint density at radius 3 is 2.50 bits per heavy atom. The third kappa shape index (κ3) is 2.55. The zero-order chi connectivity index (χ0) is 10.7. The van der Waals surface area contributed by atoms with E-state index in [-0.39, 0.29) is 11.7 Å². The molecule has 1 rings (SSSR count). The number of nitrogens with two attached hydrogens (primary N) is 1. The van der Waals surface area contributed by atoms with Crippen LogP contribution in [-0.2, 0) is 0 Å². The topological polar surface area (TPSA) is 26.0 Å². The van der Waals surface area contributed by atoms with E-state index in [4.69, 9.17) is 5.73 Å². The van der Waals surface area contributed by atoms with E-state index in [1.54, 1.807) is 6.07 Å². The third-order valence-electron chi connectivity index (χ3n) is 2.42. The Balaban J connectivity index is 3.04. The van der Waals surface area contributed by atoms with Crippen LogP contribution in [0.4, 0.5) is 4.39 Å². The molecule has 0 aromatic heterocycles. The monoisotopic (exact) mass is 259 g/mol. The predicted octanol–water partition coefficient (Wildman–Crippen LogP) is 3.29. The first-order chi connectivity index (χ1) is 6.56. The smallest absolute Gasteiger partial charge is 0.127 e. The summed E-state index contributed by atoms with van der Waals surface area (Å²) in [5.41, 5.74) is 6.35. The SMILES string of the molecule is CC(C)C(CN)c1ccc(Br)cc1F. The Bertz CT molecular complexity index is 312. The molecule has 0 aliphatic carbocycles. The second-order valence-electron chi connectivity index (χ2n) is 3.75. The quantitative estimate of drug-likeness (QED) is 0.886. The van der Waals surface area contributed by atoms with Gasteiger partial charge in [-0.25, -0.2) is 4.39 Å². The van der Waals surface area contributed by atoms with Gasteiger partial charge in [0.1, 0.15) is 5.82 Å². The Labute approximate surface area is 92.6 Å². The van der Waals surface area contributed by atoms with Crippen LogP contribution in [0.3, 0.4) is 0 Å². The summed E-state index contributed by atoms with van der Waals surface area (Å²) in [6, 6.07) is 5.14. The van der Waals surface area contributed by atoms with Crippen molar-refractivity contribution in [2.45, 2.75) is 19.8 Å². The van der Waals surface area contributed by atoms with Gasteiger partial charge < -0.3 is 5.73 Å². The molecule has 0 saturated heterocycles. The summed E-state index contributed by atoms with van der Waals surface area (Å²) in [5.74, 6) is 0.280. The van der Waals surface area contributed by atoms with Crippen molar-refractivity contribution in [3.8, 4) is 0 Å². The molecule has 1 aromatic rings. The van der Waals surface area contributed by atoms with Gasteiger partial charge in [-0.1, -0.05) is 35.8 Å². The van der Waals surface area contributed by atoms with E-state index >= 15 is 0 Å². The Hall–Kier alpha value is -0.410. The van der Waals surface area contributed by atoms with E-state index in [1.165, 1.54) is 6.07 Å². The molecule has 1 unspecified atom stereocenters. The summed E-state index contributed by atoms with van der Waals surface area (Å²) in [5, 5.41) is 0. The molecule has 1 nitrogen and oxygen atoms in total. The molecule has 3 heteroatoms. The van der Waals surface area contributed by atoms with Gasteiger partial charge >= 0.3 is 0 Å². The van der Waals surface area contributed by atoms with E-state index < -0.39 is 0 Å². The van der Waals surface area contributed by atoms with E-state index in [0.29, 0.717) is 18.0 Å². The largest absolute Gasteiger partial charge is 0.330 e. The van der Waals surface area contributed by atoms with Crippen molar-refractivity contribution in [2.75, 3.05) is 6.54 Å². The van der Waals surface area contributed by atoms with Gasteiger partial charge in [0.05, 0.1) is 0 Å². The molecule has 78 valence electrons. The molecule has 14 heavy (non-hydrogen) atoms. The van der Waals surface area contributed by atoms with Crippen LogP contribution in [-0.4, -0.2) is 6.54 Å². The van der Waals surface area contributed by atoms with Crippen LogP contribution >= 0.6 is 15.9 Å². The van der Waals surface area contributed by atoms with E-state index in [9.17, 15) is 4.39 Å². The van der Waals surface area contributed by atoms with Crippen LogP contribution in [0, 0.1) is 11.7 Å². The normalized spacial score (nSPS) is 13.3. The van der Waals surface area contributed by atoms with Crippen LogP contribution in [0.2, 0.25) is 0 Å². The first-order valence-corrected chi connectivity index (χ1v) is 5.50. The standard InChI is InChI=1S/C11H15BrFN/c1-7(2)10(6-14)9-4-3-8(12)5-11(9)13/h3-5,7,10H,6,14H2,1-2H3. The number of benzene rings is 1. The summed E-state index contributed by atoms with van der Waals surface area (Å²) in [6.45, 7) is 4.59. The molecule has 0 heterocycles. The maximum atomic E-state index is 13.6. The van der Waals surface area contributed by atoms with Gasteiger partial charge in [-0.05, 0) is 30.2 Å². The van der Waals surface area contributed by atoms with Gasteiger partial charge in [0.15, 0.2) is 0 Å². The van der Waals surface area contributed by atoms with Crippen molar-refractivity contribution in [1.29, 1.82) is 0 Å². The molecule has 0 saturated carbocycles. The molecule has 1 atom stereocenters. The molecule has 2 N–H and O–H groups in total. The van der Waals surface area contributed by atoms with Gasteiger partial charge in [0, 0.05) is 10.4 Å². The third-order valence-corrected chi connectivity index (χ3v) is 2.91. The van der Waals surface area contributed by atoms with Crippen LogP contribution in [0.1, 0.15) is 25.3 Å². The van der Waals surface area contributed by atoms with Crippen molar-refractivity contribution >= 4 is 15.9 Å². The molecular formula is C11H15BrFN. The van der Waals surface area contributed by atoms with E-state index in [0.717, 1.165) is 4.47 Å². The van der Waals surface area contributed by atoms with Gasteiger partial charge in [-0.15, -0.1) is 0 Å². The van der Waals surface area contributed by atoms with Crippen LogP contribution < -0.4 is 5.73 Å². The second kappa shape index (κ2) is 4.89. The first kappa shape index (κ1) is 11.7. The predicted molar refractivity (Wildman–Crippen MR) is 60.7 cm³/mol. The molecular weight excluding hydrogens is 245 g/mol. The highest BCUT2D eigenvalue weighted by Gasteiger charge is 2.17. The average Bonchev–Trinajstić information content (AvgIpc) is 2.09. The van der Waals surface area contributed by atoms with E-state index in [1.807, 2.05) is 6.07 Å². The fraction of sp³-hybridized carbons (Fsp3) is 0.455. The highest BCUT2D eigenvalue weighted by atomic mass is 79.9. The summed E-state index contributed by atoms with van der Waals surface area (Å²) in [7, 11) is 0. The number of halogens is 2. The number of hydrogen-bond donors (Lipinski definition) is 1. The van der Waals surface area contributed by atoms with Gasteiger partial charge in [0.25, 0.3) is 0 Å². The van der Waals surface area contributed by atoms with E-state index in [2.05, 4.69) is 29.8 Å². The molecule has 0 fully saturated rings. The summed E-state index contributed by atoms with van der Waals surface area (Å²) in [6.07, 6.45) is 0. The summed E-state index contributed by atoms with van der Waals surface area (Å²) < 4.78 is 14.3. The highest BCUT2D eigenvalue weighted by molar-refractivity contribution is 9.10. The number of rotatable bonds is 3. The van der Waals surface area contributed by atoms with Crippen LogP contribution in [0.5, 0.6) is 0 Å². The number of hydrogen-bond acceptors (Lipinski definition) is 1. The fourth-order valence-electron chi connectivity index (χ4n) is 1.56. The molecule has 0 spiro atoms. The van der Waals surface area contributed by atoms with Gasteiger partial charge in [-0.3, -0.25) is 0 Å². The van der Waals surface area contributed by atoms with Crippen molar-refractivity contribution in [1.82, 2.24) is 0 Å². The van der Waals surface area contributed by atoms with Crippen molar-refractivity contribution in [2.24, 2.45) is 11.7 Å². The minimum absolute atomic E-state index is 0.100. The molecule has 0 aliphatic heterocycles. The lowest BCUT2D eigenvalue weighted by Crippen LogP contribution is -2.18. The Morgan fingerprint density at radius 1 is 1.43 bits per heavy atom. The molecule has 1 aromatic carbocycles. The van der Waals surface area contributed by atoms with Gasteiger partial charge in [0.2, 0.25) is 0 Å². The van der Waals surface area contributed by atoms with Crippen molar-refractivity contribution < 1.29 is 4.39 Å². The maximum Gasteiger partial charge on any atom is 0.127 e. The first-order valence-electron chi connectivity index (χ1n) is 4.71. The highest BCUT2D eigenvalue weighted by Crippen LogP contribution is 2.27. The van der Waals surface area contributed by atoms with Gasteiger partial charge in [-0.2, -0.15) is 0 Å². The molecule has 0 amide bonds. The van der Waals surface area contributed by atoms with Crippen molar-refractivity contribution in [3.05, 3.63) is 34.1 Å². The van der Waals surface area contributed by atoms with Crippen LogP contribution in [0.15, 0.2) is 22.7 Å². The zero-order valence-electron chi connectivity index (χ0n) is 8.43. The van der Waals surface area contributed by atoms with Crippen molar-refractivity contribution in [3.63, 3.8) is 0 Å².